The third-order valence-electron chi connectivity index (χ3n) is 4.32. The molecule has 1 atom stereocenters. The molecule has 2 aromatic rings. The van der Waals surface area contributed by atoms with Gasteiger partial charge in [0.2, 0.25) is 5.75 Å². The predicted molar refractivity (Wildman–Crippen MR) is 104 cm³/mol. The monoisotopic (exact) mass is 387 g/mol. The Morgan fingerprint density at radius 1 is 0.964 bits per heavy atom. The molecule has 0 bridgehead atoms. The van der Waals surface area contributed by atoms with Crippen molar-refractivity contribution in [3.8, 4) is 17.2 Å². The van der Waals surface area contributed by atoms with Crippen molar-refractivity contribution in [1.29, 1.82) is 0 Å². The second-order valence-electron chi connectivity index (χ2n) is 6.17. The molecule has 0 saturated heterocycles. The standard InChI is InChI=1S/C21H25NO6/c1-26-17-11-10-16(19(27-2)20(17)28-3)21(25)22-15(9-12-18(23)24)13-14-7-5-4-6-8-14/h4-8,10-11,15H,9,12-13H2,1-3H3,(H,22,25)(H,23,24). The van der Waals surface area contributed by atoms with E-state index in [2.05, 4.69) is 5.32 Å². The largest absolute Gasteiger partial charge is 0.493 e. The fourth-order valence-electron chi connectivity index (χ4n) is 2.96. The van der Waals surface area contributed by atoms with Gasteiger partial charge in [-0.15, -0.1) is 0 Å². The summed E-state index contributed by atoms with van der Waals surface area (Å²) in [5.74, 6) is -0.249. The van der Waals surface area contributed by atoms with E-state index in [-0.39, 0.29) is 29.7 Å². The number of carboxylic acid groups (broad SMARTS) is 1. The topological polar surface area (TPSA) is 94.1 Å². The summed E-state index contributed by atoms with van der Waals surface area (Å²) in [4.78, 5) is 23.9. The highest BCUT2D eigenvalue weighted by Gasteiger charge is 2.23. The van der Waals surface area contributed by atoms with Crippen molar-refractivity contribution < 1.29 is 28.9 Å². The third-order valence-corrected chi connectivity index (χ3v) is 4.32. The molecule has 150 valence electrons. The van der Waals surface area contributed by atoms with Gasteiger partial charge in [-0.2, -0.15) is 0 Å². The van der Waals surface area contributed by atoms with E-state index in [9.17, 15) is 9.59 Å². The summed E-state index contributed by atoms with van der Waals surface area (Å²) in [6, 6.07) is 12.5. The first-order valence-electron chi connectivity index (χ1n) is 8.85. The van der Waals surface area contributed by atoms with E-state index in [1.807, 2.05) is 30.3 Å². The lowest BCUT2D eigenvalue weighted by Crippen LogP contribution is -2.37. The van der Waals surface area contributed by atoms with Gasteiger partial charge in [0.15, 0.2) is 11.5 Å². The summed E-state index contributed by atoms with van der Waals surface area (Å²) >= 11 is 0. The summed E-state index contributed by atoms with van der Waals surface area (Å²) in [5, 5.41) is 11.9. The van der Waals surface area contributed by atoms with Crippen LogP contribution in [0.4, 0.5) is 0 Å². The number of hydrogen-bond donors (Lipinski definition) is 2. The SMILES string of the molecule is COc1ccc(C(=O)NC(CCC(=O)O)Cc2ccccc2)c(OC)c1OC. The number of nitrogens with one attached hydrogen (secondary N) is 1. The Hall–Kier alpha value is -3.22. The molecule has 28 heavy (non-hydrogen) atoms. The van der Waals surface area contributed by atoms with Gasteiger partial charge < -0.3 is 24.6 Å². The molecule has 0 aliphatic heterocycles. The van der Waals surface area contributed by atoms with Crippen LogP contribution in [0.5, 0.6) is 17.2 Å². The fourth-order valence-corrected chi connectivity index (χ4v) is 2.96. The van der Waals surface area contributed by atoms with Crippen molar-refractivity contribution in [3.63, 3.8) is 0 Å². The molecule has 0 fully saturated rings. The van der Waals surface area contributed by atoms with E-state index in [4.69, 9.17) is 19.3 Å². The van der Waals surface area contributed by atoms with Crippen LogP contribution < -0.4 is 19.5 Å². The van der Waals surface area contributed by atoms with Crippen molar-refractivity contribution >= 4 is 11.9 Å². The maximum absolute atomic E-state index is 12.9. The molecular weight excluding hydrogens is 362 g/mol. The fraction of sp³-hybridized carbons (Fsp3) is 0.333. The Kier molecular flexibility index (Phi) is 7.68. The molecule has 0 aliphatic rings. The molecule has 0 radical (unpaired) electrons. The second kappa shape index (κ2) is 10.2. The van der Waals surface area contributed by atoms with Crippen LogP contribution in [0.25, 0.3) is 0 Å². The summed E-state index contributed by atoms with van der Waals surface area (Å²) in [6.45, 7) is 0. The van der Waals surface area contributed by atoms with Crippen molar-refractivity contribution in [3.05, 3.63) is 53.6 Å². The molecule has 2 aromatic carbocycles. The number of aliphatic carboxylic acids is 1. The highest BCUT2D eigenvalue weighted by atomic mass is 16.5. The van der Waals surface area contributed by atoms with Gasteiger partial charge >= 0.3 is 5.97 Å². The number of methoxy groups -OCH3 is 3. The van der Waals surface area contributed by atoms with Gasteiger partial charge in [-0.25, -0.2) is 0 Å². The number of ether oxygens (including phenoxy) is 3. The summed E-state index contributed by atoms with van der Waals surface area (Å²) in [6.07, 6.45) is 0.794. The van der Waals surface area contributed by atoms with Gasteiger partial charge in [-0.05, 0) is 30.5 Å². The highest BCUT2D eigenvalue weighted by molar-refractivity contribution is 5.98. The van der Waals surface area contributed by atoms with E-state index >= 15 is 0 Å². The van der Waals surface area contributed by atoms with Crippen LogP contribution in [0.2, 0.25) is 0 Å². The third kappa shape index (κ3) is 5.39. The maximum Gasteiger partial charge on any atom is 0.303 e. The molecular formula is C21H25NO6. The normalized spacial score (nSPS) is 11.4. The second-order valence-corrected chi connectivity index (χ2v) is 6.17. The molecule has 1 unspecified atom stereocenters. The average Bonchev–Trinajstić information content (AvgIpc) is 2.71. The molecule has 1 amide bonds. The van der Waals surface area contributed by atoms with Crippen LogP contribution in [0, 0.1) is 0 Å². The first-order valence-corrected chi connectivity index (χ1v) is 8.85. The molecule has 7 heteroatoms. The van der Waals surface area contributed by atoms with E-state index in [1.165, 1.54) is 21.3 Å². The Labute approximate surface area is 164 Å². The summed E-state index contributed by atoms with van der Waals surface area (Å²) in [5.41, 5.74) is 1.30. The molecule has 0 saturated carbocycles. The Morgan fingerprint density at radius 2 is 1.64 bits per heavy atom. The van der Waals surface area contributed by atoms with E-state index in [0.29, 0.717) is 24.3 Å². The zero-order valence-electron chi connectivity index (χ0n) is 16.2. The van der Waals surface area contributed by atoms with E-state index < -0.39 is 5.97 Å². The zero-order valence-corrected chi connectivity index (χ0v) is 16.2. The summed E-state index contributed by atoms with van der Waals surface area (Å²) in [7, 11) is 4.41. The molecule has 0 aromatic heterocycles. The first kappa shape index (κ1) is 21.1. The minimum absolute atomic E-state index is 0.0408. The lowest BCUT2D eigenvalue weighted by molar-refractivity contribution is -0.137. The molecule has 2 rings (SSSR count). The van der Waals surface area contributed by atoms with Gasteiger partial charge in [0.1, 0.15) is 0 Å². The minimum atomic E-state index is -0.906. The van der Waals surface area contributed by atoms with Crippen molar-refractivity contribution in [2.45, 2.75) is 25.3 Å². The lowest BCUT2D eigenvalue weighted by Gasteiger charge is -2.20. The highest BCUT2D eigenvalue weighted by Crippen LogP contribution is 2.39. The zero-order chi connectivity index (χ0) is 20.5. The number of rotatable bonds is 10. The minimum Gasteiger partial charge on any atom is -0.493 e. The van der Waals surface area contributed by atoms with Crippen molar-refractivity contribution in [2.75, 3.05) is 21.3 Å². The molecule has 0 spiro atoms. The number of carbonyl (C=O) groups excluding carboxylic acids is 1. The van der Waals surface area contributed by atoms with E-state index in [1.54, 1.807) is 12.1 Å². The van der Waals surface area contributed by atoms with Crippen LogP contribution in [0.1, 0.15) is 28.8 Å². The van der Waals surface area contributed by atoms with Crippen LogP contribution in [0.15, 0.2) is 42.5 Å². The quantitative estimate of drug-likeness (QED) is 0.651. The number of carbonyl (C=O) groups is 2. The first-order chi connectivity index (χ1) is 13.5. The summed E-state index contributed by atoms with van der Waals surface area (Å²) < 4.78 is 15.9. The Bertz CT molecular complexity index is 806. The van der Waals surface area contributed by atoms with Crippen LogP contribution in [0.3, 0.4) is 0 Å². The average molecular weight is 387 g/mol. The number of amides is 1. The van der Waals surface area contributed by atoms with Crippen molar-refractivity contribution in [2.24, 2.45) is 0 Å². The van der Waals surface area contributed by atoms with Gasteiger partial charge in [-0.1, -0.05) is 30.3 Å². The molecule has 0 heterocycles. The van der Waals surface area contributed by atoms with Crippen LogP contribution in [-0.4, -0.2) is 44.4 Å². The van der Waals surface area contributed by atoms with E-state index in [0.717, 1.165) is 5.56 Å². The van der Waals surface area contributed by atoms with Crippen LogP contribution >= 0.6 is 0 Å². The number of hydrogen-bond acceptors (Lipinski definition) is 5. The molecule has 7 nitrogen and oxygen atoms in total. The number of carboxylic acids is 1. The molecule has 0 aliphatic carbocycles. The van der Waals surface area contributed by atoms with Crippen LogP contribution in [-0.2, 0) is 11.2 Å². The Morgan fingerprint density at radius 3 is 2.21 bits per heavy atom. The lowest BCUT2D eigenvalue weighted by atomic mass is 10.0. The predicted octanol–water partition coefficient (Wildman–Crippen LogP) is 2.92. The smallest absolute Gasteiger partial charge is 0.303 e. The van der Waals surface area contributed by atoms with Crippen molar-refractivity contribution in [1.82, 2.24) is 5.32 Å². The maximum atomic E-state index is 12.9. The Balaban J connectivity index is 2.25. The van der Waals surface area contributed by atoms with Gasteiger partial charge in [0, 0.05) is 12.5 Å². The van der Waals surface area contributed by atoms with Gasteiger partial charge in [0.05, 0.1) is 26.9 Å². The van der Waals surface area contributed by atoms with Gasteiger partial charge in [0.25, 0.3) is 5.91 Å². The molecule has 2 N–H and O–H groups in total. The number of benzene rings is 2. The van der Waals surface area contributed by atoms with Gasteiger partial charge in [-0.3, -0.25) is 9.59 Å².